The van der Waals surface area contributed by atoms with Gasteiger partial charge in [-0.2, -0.15) is 0 Å². The number of ether oxygens (including phenoxy) is 1. The van der Waals surface area contributed by atoms with Crippen LogP contribution < -0.4 is 15.0 Å². The summed E-state index contributed by atoms with van der Waals surface area (Å²) in [6.07, 6.45) is 6.46. The van der Waals surface area contributed by atoms with Crippen LogP contribution in [0.15, 0.2) is 22.7 Å². The highest BCUT2D eigenvalue weighted by Gasteiger charge is 2.41. The molecule has 1 aliphatic heterocycles. The first-order valence-electron chi connectivity index (χ1n) is 8.03. The number of piperazine rings is 1. The van der Waals surface area contributed by atoms with E-state index in [1.165, 1.54) is 31.4 Å². The van der Waals surface area contributed by atoms with Crippen molar-refractivity contribution in [3.8, 4) is 5.75 Å². The predicted octanol–water partition coefficient (Wildman–Crippen LogP) is 3.96. The van der Waals surface area contributed by atoms with Gasteiger partial charge in [-0.05, 0) is 37.5 Å². The molecule has 116 valence electrons. The van der Waals surface area contributed by atoms with Crippen LogP contribution in [-0.4, -0.2) is 31.8 Å². The smallest absolute Gasteiger partial charge is 0.142 e. The van der Waals surface area contributed by atoms with Gasteiger partial charge in [-0.3, -0.25) is 0 Å². The molecule has 1 aromatic carbocycles. The molecule has 0 aromatic heterocycles. The summed E-state index contributed by atoms with van der Waals surface area (Å²) in [6, 6.07) is 6.86. The molecule has 1 heterocycles. The summed E-state index contributed by atoms with van der Waals surface area (Å²) in [7, 11) is 1.77. The van der Waals surface area contributed by atoms with Crippen molar-refractivity contribution in [3.05, 3.63) is 22.7 Å². The van der Waals surface area contributed by atoms with Gasteiger partial charge in [0.05, 0.1) is 12.8 Å². The van der Waals surface area contributed by atoms with E-state index in [0.29, 0.717) is 11.6 Å². The Morgan fingerprint density at radius 3 is 2.81 bits per heavy atom. The zero-order valence-corrected chi connectivity index (χ0v) is 14.6. The average Bonchev–Trinajstić information content (AvgIpc) is 2.95. The Kier molecular flexibility index (Phi) is 4.46. The van der Waals surface area contributed by atoms with Crippen molar-refractivity contribution in [1.29, 1.82) is 0 Å². The third-order valence-corrected chi connectivity index (χ3v) is 5.60. The van der Waals surface area contributed by atoms with Gasteiger partial charge in [-0.25, -0.2) is 0 Å². The summed E-state index contributed by atoms with van der Waals surface area (Å²) in [5.74, 6) is 0.978. The molecule has 3 rings (SSSR count). The largest absolute Gasteiger partial charge is 0.495 e. The van der Waals surface area contributed by atoms with Crippen LogP contribution in [0.4, 0.5) is 5.69 Å². The molecule has 4 heteroatoms. The second kappa shape index (κ2) is 6.17. The van der Waals surface area contributed by atoms with E-state index in [4.69, 9.17) is 4.74 Å². The zero-order chi connectivity index (χ0) is 14.9. The highest BCUT2D eigenvalue weighted by Crippen LogP contribution is 2.39. The molecule has 1 saturated carbocycles. The maximum Gasteiger partial charge on any atom is 0.142 e. The summed E-state index contributed by atoms with van der Waals surface area (Å²) in [6.45, 7) is 4.45. The minimum atomic E-state index is 0.318. The quantitative estimate of drug-likeness (QED) is 0.890. The van der Waals surface area contributed by atoms with Crippen LogP contribution in [0.2, 0.25) is 0 Å². The van der Waals surface area contributed by atoms with Crippen molar-refractivity contribution in [2.75, 3.05) is 25.1 Å². The van der Waals surface area contributed by atoms with E-state index in [1.54, 1.807) is 7.11 Å². The lowest BCUT2D eigenvalue weighted by Crippen LogP contribution is -2.63. The average molecular weight is 353 g/mol. The molecule has 1 aliphatic carbocycles. The molecule has 0 bridgehead atoms. The summed E-state index contributed by atoms with van der Waals surface area (Å²) in [5, 5.41) is 3.85. The van der Waals surface area contributed by atoms with Crippen molar-refractivity contribution < 1.29 is 4.74 Å². The van der Waals surface area contributed by atoms with E-state index < -0.39 is 0 Å². The Balaban J connectivity index is 1.94. The molecule has 1 saturated heterocycles. The van der Waals surface area contributed by atoms with Gasteiger partial charge >= 0.3 is 0 Å². The predicted molar refractivity (Wildman–Crippen MR) is 91.3 cm³/mol. The Bertz CT molecular complexity index is 500. The van der Waals surface area contributed by atoms with Crippen molar-refractivity contribution in [3.63, 3.8) is 0 Å². The second-order valence-corrected chi connectivity index (χ2v) is 7.29. The van der Waals surface area contributed by atoms with Crippen LogP contribution in [0.25, 0.3) is 0 Å². The second-order valence-electron chi connectivity index (χ2n) is 6.37. The van der Waals surface area contributed by atoms with Gasteiger partial charge in [0, 0.05) is 29.1 Å². The van der Waals surface area contributed by atoms with Gasteiger partial charge in [0.1, 0.15) is 5.75 Å². The maximum atomic E-state index is 5.61. The number of nitrogens with zero attached hydrogens (tertiary/aromatic N) is 1. The van der Waals surface area contributed by atoms with Gasteiger partial charge in [-0.15, -0.1) is 0 Å². The first-order chi connectivity index (χ1) is 10.2. The molecule has 0 radical (unpaired) electrons. The van der Waals surface area contributed by atoms with Gasteiger partial charge < -0.3 is 15.0 Å². The first-order valence-corrected chi connectivity index (χ1v) is 8.82. The van der Waals surface area contributed by atoms with E-state index in [0.717, 1.165) is 29.7 Å². The molecular formula is C17H25BrN2O. The third-order valence-electron chi connectivity index (χ3n) is 5.11. The van der Waals surface area contributed by atoms with E-state index >= 15 is 0 Å². The summed E-state index contributed by atoms with van der Waals surface area (Å²) in [4.78, 5) is 2.57. The summed E-state index contributed by atoms with van der Waals surface area (Å²) >= 11 is 3.61. The number of nitrogens with one attached hydrogen (secondary N) is 1. The van der Waals surface area contributed by atoms with Crippen molar-refractivity contribution in [2.45, 2.75) is 50.6 Å². The number of benzene rings is 1. The van der Waals surface area contributed by atoms with Gasteiger partial charge in [0.15, 0.2) is 0 Å². The Morgan fingerprint density at radius 1 is 1.38 bits per heavy atom. The zero-order valence-electron chi connectivity index (χ0n) is 13.0. The van der Waals surface area contributed by atoms with E-state index in [-0.39, 0.29) is 0 Å². The highest BCUT2D eigenvalue weighted by molar-refractivity contribution is 9.10. The number of hydrogen-bond acceptors (Lipinski definition) is 3. The van der Waals surface area contributed by atoms with Crippen molar-refractivity contribution in [2.24, 2.45) is 0 Å². The lowest BCUT2D eigenvalue weighted by Gasteiger charge is -2.47. The van der Waals surface area contributed by atoms with E-state index in [9.17, 15) is 0 Å². The molecule has 1 spiro atoms. The van der Waals surface area contributed by atoms with E-state index in [1.807, 2.05) is 0 Å². The van der Waals surface area contributed by atoms with Crippen LogP contribution in [0.3, 0.4) is 0 Å². The molecule has 2 fully saturated rings. The first kappa shape index (κ1) is 15.2. The molecular weight excluding hydrogens is 328 g/mol. The maximum absolute atomic E-state index is 5.61. The van der Waals surface area contributed by atoms with Crippen LogP contribution in [0.1, 0.15) is 39.0 Å². The topological polar surface area (TPSA) is 24.5 Å². The highest BCUT2D eigenvalue weighted by atomic mass is 79.9. The third kappa shape index (κ3) is 2.93. The van der Waals surface area contributed by atoms with Crippen molar-refractivity contribution in [1.82, 2.24) is 5.32 Å². The molecule has 1 N–H and O–H groups in total. The number of halogens is 1. The molecule has 0 amide bonds. The van der Waals surface area contributed by atoms with Crippen LogP contribution >= 0.6 is 15.9 Å². The number of rotatable bonds is 3. The lowest BCUT2D eigenvalue weighted by atomic mass is 9.91. The van der Waals surface area contributed by atoms with E-state index in [2.05, 4.69) is 51.3 Å². The monoisotopic (exact) mass is 352 g/mol. The van der Waals surface area contributed by atoms with Gasteiger partial charge in [-0.1, -0.05) is 35.7 Å². The molecule has 1 aromatic rings. The molecule has 1 unspecified atom stereocenters. The SMILES string of the molecule is CCC1CNC2(CCCC2)CN1c1cc(Br)ccc1OC. The fourth-order valence-electron chi connectivity index (χ4n) is 3.88. The lowest BCUT2D eigenvalue weighted by molar-refractivity contribution is 0.266. The fourth-order valence-corrected chi connectivity index (χ4v) is 4.23. The minimum Gasteiger partial charge on any atom is -0.495 e. The standard InChI is InChI=1S/C17H25BrN2O/c1-3-14-11-19-17(8-4-5-9-17)12-20(14)15-10-13(18)6-7-16(15)21-2/h6-7,10,14,19H,3-5,8-9,11-12H2,1-2H3. The van der Waals surface area contributed by atoms with Crippen molar-refractivity contribution >= 4 is 21.6 Å². The molecule has 21 heavy (non-hydrogen) atoms. The van der Waals surface area contributed by atoms with Crippen LogP contribution in [-0.2, 0) is 0 Å². The Labute approximate surface area is 136 Å². The fraction of sp³-hybridized carbons (Fsp3) is 0.647. The Morgan fingerprint density at radius 2 is 2.14 bits per heavy atom. The molecule has 3 nitrogen and oxygen atoms in total. The summed E-state index contributed by atoms with van der Waals surface area (Å²) < 4.78 is 6.73. The number of methoxy groups -OCH3 is 1. The minimum absolute atomic E-state index is 0.318. The molecule has 1 atom stereocenters. The normalized spacial score (nSPS) is 24.5. The number of hydrogen-bond donors (Lipinski definition) is 1. The van der Waals surface area contributed by atoms with Crippen LogP contribution in [0, 0.1) is 0 Å². The molecule has 2 aliphatic rings. The Hall–Kier alpha value is -0.740. The number of anilines is 1. The van der Waals surface area contributed by atoms with Crippen LogP contribution in [0.5, 0.6) is 5.75 Å². The van der Waals surface area contributed by atoms with Gasteiger partial charge in [0.25, 0.3) is 0 Å². The summed E-state index contributed by atoms with van der Waals surface area (Å²) in [5.41, 5.74) is 1.55. The van der Waals surface area contributed by atoms with Gasteiger partial charge in [0.2, 0.25) is 0 Å².